The second kappa shape index (κ2) is 6.48. The molecule has 0 bridgehead atoms. The van der Waals surface area contributed by atoms with Gasteiger partial charge in [-0.1, -0.05) is 23.7 Å². The smallest absolute Gasteiger partial charge is 0.307 e. The summed E-state index contributed by atoms with van der Waals surface area (Å²) in [5.74, 6) is -1.80. The first-order valence-electron chi connectivity index (χ1n) is 6.12. The van der Waals surface area contributed by atoms with Crippen LogP contribution in [-0.2, 0) is 17.6 Å². The van der Waals surface area contributed by atoms with Gasteiger partial charge in [0.1, 0.15) is 11.0 Å². The lowest BCUT2D eigenvalue weighted by Gasteiger charge is -2.12. The predicted molar refractivity (Wildman–Crippen MR) is 74.2 cm³/mol. The number of hydrogen-bond acceptors (Lipinski definition) is 2. The summed E-state index contributed by atoms with van der Waals surface area (Å²) >= 11 is 5.79. The molecule has 0 saturated carbocycles. The van der Waals surface area contributed by atoms with Gasteiger partial charge in [-0.2, -0.15) is 0 Å². The highest BCUT2D eigenvalue weighted by Gasteiger charge is 2.19. The number of hydrogen-bond donors (Lipinski definition) is 1. The first-order valence-corrected chi connectivity index (χ1v) is 6.50. The molecule has 0 fully saturated rings. The predicted octanol–water partition coefficient (Wildman–Crippen LogP) is 3.36. The molecular formula is C15H13ClFNO2. The highest BCUT2D eigenvalue weighted by molar-refractivity contribution is 6.29. The molecule has 5 heteroatoms. The van der Waals surface area contributed by atoms with Crippen molar-refractivity contribution in [3.8, 4) is 0 Å². The normalized spacial score (nSPS) is 12.1. The zero-order chi connectivity index (χ0) is 14.5. The summed E-state index contributed by atoms with van der Waals surface area (Å²) in [6.07, 6.45) is 2.25. The van der Waals surface area contributed by atoms with Crippen LogP contribution in [0.15, 0.2) is 42.6 Å². The number of pyridine rings is 1. The molecule has 1 heterocycles. The molecule has 3 nitrogen and oxygen atoms in total. The summed E-state index contributed by atoms with van der Waals surface area (Å²) < 4.78 is 12.8. The van der Waals surface area contributed by atoms with Crippen LogP contribution in [0.4, 0.5) is 4.39 Å². The summed E-state index contributed by atoms with van der Waals surface area (Å²) in [5, 5.41) is 9.64. The van der Waals surface area contributed by atoms with E-state index in [9.17, 15) is 14.3 Å². The number of carboxylic acids is 1. The molecule has 2 aromatic rings. The van der Waals surface area contributed by atoms with Crippen LogP contribution in [0, 0.1) is 11.7 Å². The molecule has 0 amide bonds. The molecule has 1 N–H and O–H groups in total. The Balaban J connectivity index is 2.11. The molecule has 20 heavy (non-hydrogen) atoms. The van der Waals surface area contributed by atoms with E-state index in [2.05, 4.69) is 4.98 Å². The molecule has 0 radical (unpaired) electrons. The maximum absolute atomic E-state index is 12.8. The molecule has 1 unspecified atom stereocenters. The van der Waals surface area contributed by atoms with Crippen molar-refractivity contribution in [3.63, 3.8) is 0 Å². The van der Waals surface area contributed by atoms with E-state index < -0.39 is 11.9 Å². The van der Waals surface area contributed by atoms with Crippen LogP contribution in [0.3, 0.4) is 0 Å². The fraction of sp³-hybridized carbons (Fsp3) is 0.200. The van der Waals surface area contributed by atoms with Gasteiger partial charge in [-0.05, 0) is 48.2 Å². The number of aliphatic carboxylic acids is 1. The lowest BCUT2D eigenvalue weighted by Crippen LogP contribution is -2.19. The Bertz CT molecular complexity index is 601. The number of rotatable bonds is 5. The van der Waals surface area contributed by atoms with Gasteiger partial charge in [-0.3, -0.25) is 4.79 Å². The fourth-order valence-corrected chi connectivity index (χ4v) is 2.20. The number of aromatic nitrogens is 1. The van der Waals surface area contributed by atoms with E-state index in [1.54, 1.807) is 30.5 Å². The van der Waals surface area contributed by atoms with Gasteiger partial charge < -0.3 is 5.11 Å². The van der Waals surface area contributed by atoms with E-state index in [1.807, 2.05) is 0 Å². The number of carbonyl (C=O) groups is 1. The Morgan fingerprint density at radius 1 is 1.20 bits per heavy atom. The Hall–Kier alpha value is -1.94. The number of carboxylic acid groups (broad SMARTS) is 1. The molecule has 104 valence electrons. The third-order valence-electron chi connectivity index (χ3n) is 3.02. The van der Waals surface area contributed by atoms with E-state index in [-0.39, 0.29) is 5.82 Å². The average molecular weight is 294 g/mol. The van der Waals surface area contributed by atoms with Gasteiger partial charge in [0.25, 0.3) is 0 Å². The first-order chi connectivity index (χ1) is 9.54. The van der Waals surface area contributed by atoms with Crippen LogP contribution in [-0.4, -0.2) is 16.1 Å². The molecule has 1 aromatic carbocycles. The molecule has 0 aliphatic carbocycles. The van der Waals surface area contributed by atoms with Crippen molar-refractivity contribution < 1.29 is 14.3 Å². The van der Waals surface area contributed by atoms with Gasteiger partial charge in [0.05, 0.1) is 5.92 Å². The van der Waals surface area contributed by atoms with Crippen molar-refractivity contribution in [2.45, 2.75) is 12.8 Å². The van der Waals surface area contributed by atoms with E-state index in [0.29, 0.717) is 18.0 Å². The van der Waals surface area contributed by atoms with Gasteiger partial charge in [0, 0.05) is 6.20 Å². The Kier molecular flexibility index (Phi) is 4.69. The number of nitrogens with zero attached hydrogens (tertiary/aromatic N) is 1. The van der Waals surface area contributed by atoms with Crippen molar-refractivity contribution in [1.29, 1.82) is 0 Å². The third kappa shape index (κ3) is 4.03. The Morgan fingerprint density at radius 3 is 2.45 bits per heavy atom. The minimum absolute atomic E-state index is 0.332. The van der Waals surface area contributed by atoms with Gasteiger partial charge in [-0.25, -0.2) is 9.37 Å². The molecule has 0 saturated heterocycles. The first kappa shape index (κ1) is 14.5. The molecule has 1 atom stereocenters. The van der Waals surface area contributed by atoms with E-state index >= 15 is 0 Å². The molecule has 0 aliphatic heterocycles. The lowest BCUT2D eigenvalue weighted by atomic mass is 9.93. The topological polar surface area (TPSA) is 50.2 Å². The van der Waals surface area contributed by atoms with E-state index in [1.165, 1.54) is 12.1 Å². The lowest BCUT2D eigenvalue weighted by molar-refractivity contribution is -0.141. The molecule has 1 aromatic heterocycles. The quantitative estimate of drug-likeness (QED) is 0.860. The molecule has 0 spiro atoms. The summed E-state index contributed by atoms with van der Waals surface area (Å²) in [4.78, 5) is 15.2. The fourth-order valence-electron chi connectivity index (χ4n) is 2.01. The highest BCUT2D eigenvalue weighted by Crippen LogP contribution is 2.17. The summed E-state index contributed by atoms with van der Waals surface area (Å²) in [5.41, 5.74) is 1.61. The van der Waals surface area contributed by atoms with Crippen LogP contribution in [0.5, 0.6) is 0 Å². The maximum atomic E-state index is 12.8. The highest BCUT2D eigenvalue weighted by atomic mass is 35.5. The summed E-state index contributed by atoms with van der Waals surface area (Å²) in [6, 6.07) is 9.26. The second-order valence-corrected chi connectivity index (χ2v) is 4.94. The zero-order valence-corrected chi connectivity index (χ0v) is 11.3. The van der Waals surface area contributed by atoms with Gasteiger partial charge in [-0.15, -0.1) is 0 Å². The van der Waals surface area contributed by atoms with Crippen molar-refractivity contribution in [2.75, 3.05) is 0 Å². The van der Waals surface area contributed by atoms with Crippen molar-refractivity contribution >= 4 is 17.6 Å². The number of halogens is 2. The van der Waals surface area contributed by atoms with Crippen molar-refractivity contribution in [2.24, 2.45) is 5.92 Å². The van der Waals surface area contributed by atoms with Crippen LogP contribution in [0.25, 0.3) is 0 Å². The van der Waals surface area contributed by atoms with Gasteiger partial charge in [0.2, 0.25) is 0 Å². The maximum Gasteiger partial charge on any atom is 0.307 e. The zero-order valence-electron chi connectivity index (χ0n) is 10.6. The van der Waals surface area contributed by atoms with Crippen LogP contribution in [0.1, 0.15) is 11.1 Å². The monoisotopic (exact) mass is 293 g/mol. The Morgan fingerprint density at radius 2 is 1.85 bits per heavy atom. The van der Waals surface area contributed by atoms with E-state index in [0.717, 1.165) is 11.1 Å². The van der Waals surface area contributed by atoms with Gasteiger partial charge >= 0.3 is 5.97 Å². The SMILES string of the molecule is O=C(O)C(Cc1ccc(F)cc1)Cc1ccnc(Cl)c1. The average Bonchev–Trinajstić information content (AvgIpc) is 2.40. The largest absolute Gasteiger partial charge is 0.481 e. The van der Waals surface area contributed by atoms with Crippen molar-refractivity contribution in [3.05, 3.63) is 64.7 Å². The standard InChI is InChI=1S/C15H13ClFNO2/c16-14-9-11(5-6-18-14)8-12(15(19)20)7-10-1-3-13(17)4-2-10/h1-6,9,12H,7-8H2,(H,19,20). The summed E-state index contributed by atoms with van der Waals surface area (Å²) in [7, 11) is 0. The van der Waals surface area contributed by atoms with Gasteiger partial charge in [0.15, 0.2) is 0 Å². The Labute approximate surface area is 121 Å². The van der Waals surface area contributed by atoms with E-state index in [4.69, 9.17) is 11.6 Å². The van der Waals surface area contributed by atoms with Crippen LogP contribution < -0.4 is 0 Å². The third-order valence-corrected chi connectivity index (χ3v) is 3.22. The van der Waals surface area contributed by atoms with Crippen LogP contribution in [0.2, 0.25) is 5.15 Å². The molecule has 2 rings (SSSR count). The van der Waals surface area contributed by atoms with Crippen LogP contribution >= 0.6 is 11.6 Å². The minimum Gasteiger partial charge on any atom is -0.481 e. The number of benzene rings is 1. The minimum atomic E-state index is -0.887. The van der Waals surface area contributed by atoms with Crippen molar-refractivity contribution in [1.82, 2.24) is 4.98 Å². The second-order valence-electron chi connectivity index (χ2n) is 4.56. The summed E-state index contributed by atoms with van der Waals surface area (Å²) in [6.45, 7) is 0. The molecule has 0 aliphatic rings. The molecular weight excluding hydrogens is 281 g/mol.